The maximum absolute atomic E-state index is 12.7. The molecule has 1 N–H and O–H groups in total. The molecule has 0 atom stereocenters. The SMILES string of the molecule is Cc1cc2cc(C(=O)NC(C)(C)Cc3ccc(Cl)cc3)cnc2n1C. The van der Waals surface area contributed by atoms with Gasteiger partial charge in [-0.15, -0.1) is 0 Å². The lowest BCUT2D eigenvalue weighted by Gasteiger charge is -2.26. The molecule has 5 heteroatoms. The summed E-state index contributed by atoms with van der Waals surface area (Å²) in [6.07, 6.45) is 2.35. The Bertz CT molecular complexity index is 926. The fraction of sp³-hybridized carbons (Fsp3) is 0.300. The Labute approximate surface area is 152 Å². The van der Waals surface area contributed by atoms with E-state index >= 15 is 0 Å². The first kappa shape index (κ1) is 17.5. The van der Waals surface area contributed by atoms with Crippen LogP contribution in [0.4, 0.5) is 0 Å². The standard InChI is InChI=1S/C20H22ClN3O/c1-13-9-15-10-16(12-22-18(15)24(13)4)19(25)23-20(2,3)11-14-5-7-17(21)8-6-14/h5-10,12H,11H2,1-4H3,(H,23,25). The predicted octanol–water partition coefficient (Wildman–Crippen LogP) is 4.29. The van der Waals surface area contributed by atoms with Gasteiger partial charge >= 0.3 is 0 Å². The summed E-state index contributed by atoms with van der Waals surface area (Å²) in [4.78, 5) is 17.1. The lowest BCUT2D eigenvalue weighted by molar-refractivity contribution is 0.0913. The number of amides is 1. The molecule has 0 aliphatic carbocycles. The van der Waals surface area contributed by atoms with Gasteiger partial charge in [-0.2, -0.15) is 0 Å². The average molecular weight is 356 g/mol. The van der Waals surface area contributed by atoms with Crippen molar-refractivity contribution in [2.24, 2.45) is 7.05 Å². The van der Waals surface area contributed by atoms with Crippen LogP contribution in [-0.4, -0.2) is 21.0 Å². The number of pyridine rings is 1. The van der Waals surface area contributed by atoms with Crippen molar-refractivity contribution in [1.82, 2.24) is 14.9 Å². The Morgan fingerprint density at radius 3 is 2.60 bits per heavy atom. The average Bonchev–Trinajstić information content (AvgIpc) is 2.83. The number of aryl methyl sites for hydroxylation is 2. The topological polar surface area (TPSA) is 46.9 Å². The van der Waals surface area contributed by atoms with Crippen molar-refractivity contribution in [3.8, 4) is 0 Å². The Morgan fingerprint density at radius 2 is 1.92 bits per heavy atom. The second-order valence-electron chi connectivity index (χ2n) is 7.12. The van der Waals surface area contributed by atoms with Crippen LogP contribution in [0.1, 0.15) is 35.5 Å². The first-order valence-electron chi connectivity index (χ1n) is 8.24. The molecule has 0 saturated heterocycles. The largest absolute Gasteiger partial charge is 0.347 e. The van der Waals surface area contributed by atoms with E-state index in [0.717, 1.165) is 28.7 Å². The molecule has 4 nitrogen and oxygen atoms in total. The number of halogens is 1. The molecular weight excluding hydrogens is 334 g/mol. The van der Waals surface area contributed by atoms with Crippen molar-refractivity contribution >= 4 is 28.5 Å². The van der Waals surface area contributed by atoms with Crippen LogP contribution < -0.4 is 5.32 Å². The number of rotatable bonds is 4. The summed E-state index contributed by atoms with van der Waals surface area (Å²) in [6.45, 7) is 6.05. The zero-order valence-corrected chi connectivity index (χ0v) is 15.7. The van der Waals surface area contributed by atoms with Gasteiger partial charge in [-0.1, -0.05) is 23.7 Å². The molecule has 130 valence electrons. The highest BCUT2D eigenvalue weighted by molar-refractivity contribution is 6.30. The molecule has 25 heavy (non-hydrogen) atoms. The van der Waals surface area contributed by atoms with Crippen molar-refractivity contribution in [3.63, 3.8) is 0 Å². The molecule has 0 saturated carbocycles. The number of carbonyl (C=O) groups excluding carboxylic acids is 1. The third kappa shape index (κ3) is 3.85. The minimum absolute atomic E-state index is 0.116. The van der Waals surface area contributed by atoms with Crippen molar-refractivity contribution in [1.29, 1.82) is 0 Å². The second kappa shape index (κ2) is 6.52. The number of hydrogen-bond acceptors (Lipinski definition) is 2. The Morgan fingerprint density at radius 1 is 1.24 bits per heavy atom. The molecule has 0 unspecified atom stereocenters. The van der Waals surface area contributed by atoms with Gasteiger partial charge in [-0.3, -0.25) is 4.79 Å². The number of benzene rings is 1. The second-order valence-corrected chi connectivity index (χ2v) is 7.56. The van der Waals surface area contributed by atoms with Gasteiger partial charge in [0.15, 0.2) is 0 Å². The van der Waals surface area contributed by atoms with Crippen LogP contribution in [0.2, 0.25) is 5.02 Å². The Kier molecular flexibility index (Phi) is 4.56. The summed E-state index contributed by atoms with van der Waals surface area (Å²) in [5.74, 6) is -0.116. The number of aromatic nitrogens is 2. The van der Waals surface area contributed by atoms with E-state index in [1.165, 1.54) is 0 Å². The van der Waals surface area contributed by atoms with E-state index in [1.807, 2.05) is 68.8 Å². The lowest BCUT2D eigenvalue weighted by atomic mass is 9.94. The van der Waals surface area contributed by atoms with Crippen LogP contribution in [0.5, 0.6) is 0 Å². The molecule has 2 heterocycles. The van der Waals surface area contributed by atoms with E-state index in [-0.39, 0.29) is 11.4 Å². The van der Waals surface area contributed by atoms with Gasteiger partial charge in [-0.25, -0.2) is 4.98 Å². The van der Waals surface area contributed by atoms with Crippen LogP contribution in [0, 0.1) is 6.92 Å². The van der Waals surface area contributed by atoms with E-state index in [0.29, 0.717) is 10.6 Å². The number of nitrogens with zero attached hydrogens (tertiary/aromatic N) is 2. The zero-order chi connectivity index (χ0) is 18.2. The maximum Gasteiger partial charge on any atom is 0.253 e. The van der Waals surface area contributed by atoms with E-state index in [2.05, 4.69) is 10.3 Å². The monoisotopic (exact) mass is 355 g/mol. The highest BCUT2D eigenvalue weighted by atomic mass is 35.5. The lowest BCUT2D eigenvalue weighted by Crippen LogP contribution is -2.45. The Hall–Kier alpha value is -2.33. The van der Waals surface area contributed by atoms with Crippen molar-refractivity contribution in [2.45, 2.75) is 32.7 Å². The molecule has 1 amide bonds. The van der Waals surface area contributed by atoms with E-state index < -0.39 is 0 Å². The number of fused-ring (bicyclic) bond motifs is 1. The third-order valence-electron chi connectivity index (χ3n) is 4.38. The van der Waals surface area contributed by atoms with Gasteiger partial charge in [0.25, 0.3) is 5.91 Å². The smallest absolute Gasteiger partial charge is 0.253 e. The van der Waals surface area contributed by atoms with Gasteiger partial charge in [0.2, 0.25) is 0 Å². The summed E-state index contributed by atoms with van der Waals surface area (Å²) in [5, 5.41) is 4.79. The van der Waals surface area contributed by atoms with Crippen LogP contribution >= 0.6 is 11.6 Å². The summed E-state index contributed by atoms with van der Waals surface area (Å²) < 4.78 is 2.02. The number of nitrogens with one attached hydrogen (secondary N) is 1. The van der Waals surface area contributed by atoms with Crippen molar-refractivity contribution < 1.29 is 4.79 Å². The fourth-order valence-corrected chi connectivity index (χ4v) is 3.14. The molecule has 1 aromatic carbocycles. The van der Waals surface area contributed by atoms with E-state index in [9.17, 15) is 4.79 Å². The maximum atomic E-state index is 12.7. The summed E-state index contributed by atoms with van der Waals surface area (Å²) in [7, 11) is 1.97. The quantitative estimate of drug-likeness (QED) is 0.759. The van der Waals surface area contributed by atoms with Crippen LogP contribution in [-0.2, 0) is 13.5 Å². The highest BCUT2D eigenvalue weighted by Crippen LogP contribution is 2.19. The molecular formula is C20H22ClN3O. The Balaban J connectivity index is 1.77. The molecule has 0 radical (unpaired) electrons. The molecule has 2 aromatic heterocycles. The van der Waals surface area contributed by atoms with Crippen molar-refractivity contribution in [3.05, 3.63) is 64.4 Å². The van der Waals surface area contributed by atoms with Gasteiger partial charge < -0.3 is 9.88 Å². The highest BCUT2D eigenvalue weighted by Gasteiger charge is 2.22. The normalized spacial score (nSPS) is 11.7. The van der Waals surface area contributed by atoms with Gasteiger partial charge in [0.05, 0.1) is 5.56 Å². The van der Waals surface area contributed by atoms with Crippen molar-refractivity contribution in [2.75, 3.05) is 0 Å². The molecule has 3 rings (SSSR count). The molecule has 0 aliphatic rings. The third-order valence-corrected chi connectivity index (χ3v) is 4.63. The van der Waals surface area contributed by atoms with Gasteiger partial charge in [0, 0.05) is 34.9 Å². The van der Waals surface area contributed by atoms with Crippen LogP contribution in [0.3, 0.4) is 0 Å². The van der Waals surface area contributed by atoms with Gasteiger partial charge in [-0.05, 0) is 57.0 Å². The van der Waals surface area contributed by atoms with E-state index in [1.54, 1.807) is 6.20 Å². The van der Waals surface area contributed by atoms with Crippen LogP contribution in [0.25, 0.3) is 11.0 Å². The van der Waals surface area contributed by atoms with E-state index in [4.69, 9.17) is 11.6 Å². The molecule has 3 aromatic rings. The number of carbonyl (C=O) groups is 1. The first-order chi connectivity index (χ1) is 11.7. The predicted molar refractivity (Wildman–Crippen MR) is 102 cm³/mol. The molecule has 0 fully saturated rings. The van der Waals surface area contributed by atoms with Crippen LogP contribution in [0.15, 0.2) is 42.6 Å². The number of hydrogen-bond donors (Lipinski definition) is 1. The minimum Gasteiger partial charge on any atom is -0.347 e. The summed E-state index contributed by atoms with van der Waals surface area (Å²) in [5.41, 5.74) is 3.31. The zero-order valence-electron chi connectivity index (χ0n) is 14.9. The minimum atomic E-state index is -0.382. The fourth-order valence-electron chi connectivity index (χ4n) is 3.01. The molecule has 0 spiro atoms. The summed E-state index contributed by atoms with van der Waals surface area (Å²) >= 11 is 5.93. The molecule has 0 aliphatic heterocycles. The first-order valence-corrected chi connectivity index (χ1v) is 8.62. The molecule has 0 bridgehead atoms. The van der Waals surface area contributed by atoms with Gasteiger partial charge in [0.1, 0.15) is 5.65 Å². The summed E-state index contributed by atoms with van der Waals surface area (Å²) in [6, 6.07) is 11.6.